The molecule has 0 aromatic rings. The van der Waals surface area contributed by atoms with Gasteiger partial charge in [0.15, 0.2) is 0 Å². The van der Waals surface area contributed by atoms with E-state index in [1.807, 2.05) is 0 Å². The van der Waals surface area contributed by atoms with Gasteiger partial charge in [-0.2, -0.15) is 0 Å². The Balaban J connectivity index is -0.0000000761. The summed E-state index contributed by atoms with van der Waals surface area (Å²) in [5, 5.41) is 0. The number of carbonyl (C=O) groups excluding carboxylic acids is 1. The molecule has 0 atom stereocenters. The topological polar surface area (TPSA) is 17.1 Å². The molecule has 0 aromatic carbocycles. The maximum absolute atomic E-state index is 7.50. The monoisotopic (exact) mass is 449 g/mol. The molecule has 0 bridgehead atoms. The van der Waals surface area contributed by atoms with Crippen molar-refractivity contribution in [1.82, 2.24) is 0 Å². The molecule has 0 spiro atoms. The summed E-state index contributed by atoms with van der Waals surface area (Å²) in [6, 6.07) is 0. The second-order valence-electron chi connectivity index (χ2n) is 2.10. The van der Waals surface area contributed by atoms with Gasteiger partial charge in [0.25, 0.3) is 6.79 Å². The third kappa shape index (κ3) is 19.5. The Morgan fingerprint density at radius 2 is 0.846 bits per heavy atom. The molecule has 0 N–H and O–H groups in total. The normalized spacial score (nSPS) is 17.5. The Bertz CT molecular complexity index is 101. The van der Waals surface area contributed by atoms with Crippen LogP contribution in [-0.4, -0.2) is 6.79 Å². The SMILES string of the molecule is C1=C\CC/C=C\CC/1.[C]=O.[Co+2].[I-].[I-]. The van der Waals surface area contributed by atoms with E-state index in [-0.39, 0.29) is 64.7 Å². The van der Waals surface area contributed by atoms with Crippen LogP contribution >= 0.6 is 0 Å². The number of halogens is 2. The van der Waals surface area contributed by atoms with Gasteiger partial charge in [-0.15, -0.1) is 0 Å². The summed E-state index contributed by atoms with van der Waals surface area (Å²) in [7, 11) is 0. The smallest absolute Gasteiger partial charge is 1.00 e. The van der Waals surface area contributed by atoms with Gasteiger partial charge in [0, 0.05) is 0 Å². The molecule has 3 radical (unpaired) electrons. The molecule has 0 aliphatic heterocycles. The molecule has 1 aliphatic rings. The fourth-order valence-electron chi connectivity index (χ4n) is 0.856. The summed E-state index contributed by atoms with van der Waals surface area (Å²) >= 11 is 0. The molecular weight excluding hydrogens is 437 g/mol. The summed E-state index contributed by atoms with van der Waals surface area (Å²) in [5.74, 6) is 0. The first kappa shape index (κ1) is 23.7. The van der Waals surface area contributed by atoms with E-state index in [1.165, 1.54) is 25.7 Å². The zero-order valence-electron chi connectivity index (χ0n) is 7.14. The van der Waals surface area contributed by atoms with Crippen molar-refractivity contribution in [2.24, 2.45) is 0 Å². The maximum atomic E-state index is 7.50. The van der Waals surface area contributed by atoms with Crippen LogP contribution in [0.1, 0.15) is 25.7 Å². The third-order valence-electron chi connectivity index (χ3n) is 1.33. The van der Waals surface area contributed by atoms with Crippen LogP contribution in [0.25, 0.3) is 0 Å². The Morgan fingerprint density at radius 3 is 1.00 bits per heavy atom. The van der Waals surface area contributed by atoms with Gasteiger partial charge in [0.05, 0.1) is 0 Å². The zero-order valence-corrected chi connectivity index (χ0v) is 12.5. The van der Waals surface area contributed by atoms with E-state index in [0.29, 0.717) is 0 Å². The van der Waals surface area contributed by atoms with Crippen LogP contribution in [-0.2, 0) is 21.6 Å². The average Bonchev–Trinajstić information content (AvgIpc) is 1.90. The first-order valence-corrected chi connectivity index (χ1v) is 3.50. The van der Waals surface area contributed by atoms with E-state index in [2.05, 4.69) is 31.1 Å². The van der Waals surface area contributed by atoms with Crippen molar-refractivity contribution in [1.29, 1.82) is 0 Å². The van der Waals surface area contributed by atoms with Gasteiger partial charge in [0.2, 0.25) is 0 Å². The van der Waals surface area contributed by atoms with E-state index in [1.54, 1.807) is 0 Å². The molecule has 1 aliphatic carbocycles. The van der Waals surface area contributed by atoms with Crippen LogP contribution in [0.15, 0.2) is 24.3 Å². The van der Waals surface area contributed by atoms with Gasteiger partial charge in [-0.05, 0) is 25.7 Å². The van der Waals surface area contributed by atoms with Crippen molar-refractivity contribution in [3.05, 3.63) is 24.3 Å². The third-order valence-corrected chi connectivity index (χ3v) is 1.33. The van der Waals surface area contributed by atoms with Crippen molar-refractivity contribution in [2.75, 3.05) is 0 Å². The largest absolute Gasteiger partial charge is 2.00 e. The van der Waals surface area contributed by atoms with Crippen LogP contribution in [0.4, 0.5) is 0 Å². The predicted molar refractivity (Wildman–Crippen MR) is 42.4 cm³/mol. The van der Waals surface area contributed by atoms with Crippen LogP contribution in [0.2, 0.25) is 0 Å². The van der Waals surface area contributed by atoms with Crippen molar-refractivity contribution in [3.63, 3.8) is 0 Å². The molecular formula is C9H12CoI2O. The molecule has 77 valence electrons. The van der Waals surface area contributed by atoms with Gasteiger partial charge in [-0.3, -0.25) is 4.79 Å². The minimum absolute atomic E-state index is 0. The molecule has 13 heavy (non-hydrogen) atoms. The molecule has 0 saturated carbocycles. The summed E-state index contributed by atoms with van der Waals surface area (Å²) in [6.45, 7) is 4.50. The fourth-order valence-corrected chi connectivity index (χ4v) is 0.856. The van der Waals surface area contributed by atoms with E-state index >= 15 is 0 Å². The van der Waals surface area contributed by atoms with E-state index in [9.17, 15) is 0 Å². The molecule has 0 saturated heterocycles. The maximum Gasteiger partial charge on any atom is 2.00 e. The average molecular weight is 449 g/mol. The minimum atomic E-state index is 0. The number of rotatable bonds is 0. The van der Waals surface area contributed by atoms with Crippen LogP contribution in [0.5, 0.6) is 0 Å². The minimum Gasteiger partial charge on any atom is -1.00 e. The summed E-state index contributed by atoms with van der Waals surface area (Å²) in [5.41, 5.74) is 0. The molecule has 0 unspecified atom stereocenters. The molecule has 0 heterocycles. The molecule has 0 amide bonds. The van der Waals surface area contributed by atoms with E-state index < -0.39 is 0 Å². The molecule has 1 nitrogen and oxygen atoms in total. The first-order chi connectivity index (χ1) is 5.00. The van der Waals surface area contributed by atoms with Crippen LogP contribution in [0, 0.1) is 0 Å². The fraction of sp³-hybridized carbons (Fsp3) is 0.444. The second kappa shape index (κ2) is 23.2. The molecule has 0 aromatic heterocycles. The Hall–Kier alpha value is 1.12. The summed E-state index contributed by atoms with van der Waals surface area (Å²) in [4.78, 5) is 7.50. The second-order valence-corrected chi connectivity index (χ2v) is 2.10. The molecule has 4 heteroatoms. The molecule has 1 rings (SSSR count). The van der Waals surface area contributed by atoms with Crippen molar-refractivity contribution >= 4 is 6.79 Å². The van der Waals surface area contributed by atoms with Gasteiger partial charge >= 0.3 is 16.8 Å². The van der Waals surface area contributed by atoms with Gasteiger partial charge in [-0.25, -0.2) is 0 Å². The van der Waals surface area contributed by atoms with Gasteiger partial charge in [0.1, 0.15) is 0 Å². The quantitative estimate of drug-likeness (QED) is 0.275. The first-order valence-electron chi connectivity index (χ1n) is 3.50. The van der Waals surface area contributed by atoms with Crippen LogP contribution < -0.4 is 48.0 Å². The summed E-state index contributed by atoms with van der Waals surface area (Å²) < 4.78 is 0. The Kier molecular flexibility index (Phi) is 42.3. The van der Waals surface area contributed by atoms with Crippen molar-refractivity contribution in [3.8, 4) is 0 Å². The predicted octanol–water partition coefficient (Wildman–Crippen LogP) is -3.72. The van der Waals surface area contributed by atoms with Crippen molar-refractivity contribution in [2.45, 2.75) is 25.7 Å². The zero-order chi connectivity index (χ0) is 7.66. The Morgan fingerprint density at radius 1 is 0.692 bits per heavy atom. The summed E-state index contributed by atoms with van der Waals surface area (Å²) in [6.07, 6.45) is 14.0. The standard InChI is InChI=1S/C8H12.CO.Co.2HI/c1-2-4-6-8-7-5-3-1;1-2;;;/h1-2,7-8H,3-6H2;;;2*1H/q;;+2;;/p-2/b2-1-,8-7-;;;;. The molecule has 0 fully saturated rings. The van der Waals surface area contributed by atoms with E-state index in [4.69, 9.17) is 4.79 Å². The number of hydrogen-bond acceptors (Lipinski definition) is 1. The van der Waals surface area contributed by atoms with E-state index in [0.717, 1.165) is 0 Å². The van der Waals surface area contributed by atoms with Crippen molar-refractivity contribution < 1.29 is 69.5 Å². The number of hydrogen-bond donors (Lipinski definition) is 0. The van der Waals surface area contributed by atoms with Gasteiger partial charge in [-0.1, -0.05) is 24.3 Å². The van der Waals surface area contributed by atoms with Crippen LogP contribution in [0.3, 0.4) is 0 Å². The Labute approximate surface area is 125 Å². The number of allylic oxidation sites excluding steroid dienone is 4. The van der Waals surface area contributed by atoms with Gasteiger partial charge < -0.3 is 48.0 Å².